The molecule has 25 heavy (non-hydrogen) atoms. The van der Waals surface area contributed by atoms with Crippen molar-refractivity contribution in [2.45, 2.75) is 51.0 Å². The summed E-state index contributed by atoms with van der Waals surface area (Å²) >= 11 is 3.37. The zero-order chi connectivity index (χ0) is 17.6. The topological polar surface area (TPSA) is 40.6 Å². The van der Waals surface area contributed by atoms with E-state index in [1.54, 1.807) is 12.1 Å². The van der Waals surface area contributed by atoms with Gasteiger partial charge >= 0.3 is 0 Å². The van der Waals surface area contributed by atoms with Gasteiger partial charge < -0.3 is 4.90 Å². The Morgan fingerprint density at radius 1 is 0.920 bits per heavy atom. The highest BCUT2D eigenvalue weighted by Gasteiger charge is 2.27. The lowest BCUT2D eigenvalue weighted by Gasteiger charge is -2.40. The Labute approximate surface area is 158 Å². The summed E-state index contributed by atoms with van der Waals surface area (Å²) in [7, 11) is 0. The molecular formula is C20H27BrN2O2. The van der Waals surface area contributed by atoms with Crippen molar-refractivity contribution in [2.75, 3.05) is 26.2 Å². The number of piperazine rings is 1. The minimum Gasteiger partial charge on any atom is -0.340 e. The van der Waals surface area contributed by atoms with Crippen molar-refractivity contribution in [3.8, 4) is 0 Å². The fourth-order valence-electron chi connectivity index (χ4n) is 3.94. The SMILES string of the molecule is O=C(CCC(=O)N1CCN(C2CCCCC2)CC1)c1ccc(Br)cc1. The Morgan fingerprint density at radius 2 is 1.56 bits per heavy atom. The Bertz CT molecular complexity index is 588. The van der Waals surface area contributed by atoms with Gasteiger partial charge in [0.25, 0.3) is 0 Å². The molecule has 0 N–H and O–H groups in total. The molecule has 2 fully saturated rings. The maximum Gasteiger partial charge on any atom is 0.223 e. The lowest BCUT2D eigenvalue weighted by molar-refractivity contribution is -0.133. The number of benzene rings is 1. The van der Waals surface area contributed by atoms with Gasteiger partial charge in [0.2, 0.25) is 5.91 Å². The number of nitrogens with zero attached hydrogens (tertiary/aromatic N) is 2. The fraction of sp³-hybridized carbons (Fsp3) is 0.600. The van der Waals surface area contributed by atoms with Crippen molar-refractivity contribution >= 4 is 27.6 Å². The molecule has 136 valence electrons. The third-order valence-electron chi connectivity index (χ3n) is 5.49. The summed E-state index contributed by atoms with van der Waals surface area (Å²) in [5.41, 5.74) is 0.679. The highest BCUT2D eigenvalue weighted by atomic mass is 79.9. The van der Waals surface area contributed by atoms with Gasteiger partial charge in [0.15, 0.2) is 5.78 Å². The first-order valence-electron chi connectivity index (χ1n) is 9.44. The van der Waals surface area contributed by atoms with Crippen molar-refractivity contribution in [3.63, 3.8) is 0 Å². The van der Waals surface area contributed by atoms with Crippen LogP contribution in [0.25, 0.3) is 0 Å². The van der Waals surface area contributed by atoms with Crippen LogP contribution in [0.15, 0.2) is 28.7 Å². The van der Waals surface area contributed by atoms with Crippen LogP contribution in [0.5, 0.6) is 0 Å². The van der Waals surface area contributed by atoms with Crippen molar-refractivity contribution in [1.82, 2.24) is 9.80 Å². The normalized spacial score (nSPS) is 19.8. The van der Waals surface area contributed by atoms with Crippen LogP contribution in [0.1, 0.15) is 55.3 Å². The molecule has 0 atom stereocenters. The molecule has 1 aliphatic carbocycles. The quantitative estimate of drug-likeness (QED) is 0.696. The van der Waals surface area contributed by atoms with Crippen molar-refractivity contribution in [1.29, 1.82) is 0 Å². The van der Waals surface area contributed by atoms with Gasteiger partial charge in [0.05, 0.1) is 0 Å². The number of carbonyl (C=O) groups excluding carboxylic acids is 2. The number of ketones is 1. The van der Waals surface area contributed by atoms with E-state index in [1.165, 1.54) is 32.1 Å². The number of carbonyl (C=O) groups is 2. The Kier molecular flexibility index (Phi) is 6.65. The van der Waals surface area contributed by atoms with Crippen LogP contribution in [0.2, 0.25) is 0 Å². The van der Waals surface area contributed by atoms with E-state index in [4.69, 9.17) is 0 Å². The fourth-order valence-corrected chi connectivity index (χ4v) is 4.21. The molecular weight excluding hydrogens is 380 g/mol. The number of rotatable bonds is 5. The van der Waals surface area contributed by atoms with Crippen LogP contribution in [0.3, 0.4) is 0 Å². The molecule has 1 aromatic rings. The minimum atomic E-state index is 0.0432. The Hall–Kier alpha value is -1.20. The van der Waals surface area contributed by atoms with Gasteiger partial charge in [-0.1, -0.05) is 47.3 Å². The molecule has 0 spiro atoms. The molecule has 5 heteroatoms. The first-order chi connectivity index (χ1) is 12.1. The summed E-state index contributed by atoms with van der Waals surface area (Å²) in [6.07, 6.45) is 7.32. The number of hydrogen-bond donors (Lipinski definition) is 0. The average Bonchev–Trinajstić information content (AvgIpc) is 2.67. The minimum absolute atomic E-state index is 0.0432. The summed E-state index contributed by atoms with van der Waals surface area (Å²) < 4.78 is 0.955. The second kappa shape index (κ2) is 8.95. The molecule has 3 rings (SSSR count). The van der Waals surface area contributed by atoms with Gasteiger partial charge in [-0.15, -0.1) is 0 Å². The monoisotopic (exact) mass is 406 g/mol. The van der Waals surface area contributed by atoms with Crippen LogP contribution in [-0.4, -0.2) is 53.7 Å². The summed E-state index contributed by atoms with van der Waals surface area (Å²) in [6, 6.07) is 8.06. The van der Waals surface area contributed by atoms with Crippen LogP contribution < -0.4 is 0 Å². The van der Waals surface area contributed by atoms with Gasteiger partial charge in [0, 0.05) is 55.1 Å². The third-order valence-corrected chi connectivity index (χ3v) is 6.02. The highest BCUT2D eigenvalue weighted by Crippen LogP contribution is 2.23. The summed E-state index contributed by atoms with van der Waals surface area (Å²) in [6.45, 7) is 3.58. The summed E-state index contributed by atoms with van der Waals surface area (Å²) in [5, 5.41) is 0. The van der Waals surface area contributed by atoms with E-state index >= 15 is 0 Å². The predicted molar refractivity (Wildman–Crippen MR) is 103 cm³/mol. The van der Waals surface area contributed by atoms with Gasteiger partial charge in [-0.2, -0.15) is 0 Å². The van der Waals surface area contributed by atoms with Crippen LogP contribution in [-0.2, 0) is 4.79 Å². The molecule has 0 radical (unpaired) electrons. The number of amides is 1. The Balaban J connectivity index is 1.41. The summed E-state index contributed by atoms with van der Waals surface area (Å²) in [4.78, 5) is 29.1. The summed E-state index contributed by atoms with van der Waals surface area (Å²) in [5.74, 6) is 0.162. The molecule has 1 heterocycles. The van der Waals surface area contributed by atoms with Crippen LogP contribution in [0.4, 0.5) is 0 Å². The van der Waals surface area contributed by atoms with Gasteiger partial charge in [-0.05, 0) is 25.0 Å². The Morgan fingerprint density at radius 3 is 2.20 bits per heavy atom. The predicted octanol–water partition coefficient (Wildman–Crippen LogP) is 3.89. The zero-order valence-corrected chi connectivity index (χ0v) is 16.3. The molecule has 2 aliphatic rings. The van der Waals surface area contributed by atoms with Crippen molar-refractivity contribution < 1.29 is 9.59 Å². The van der Waals surface area contributed by atoms with E-state index in [0.29, 0.717) is 18.4 Å². The van der Waals surface area contributed by atoms with Gasteiger partial charge in [0.1, 0.15) is 0 Å². The largest absolute Gasteiger partial charge is 0.340 e. The van der Waals surface area contributed by atoms with E-state index in [-0.39, 0.29) is 11.7 Å². The second-order valence-corrected chi connectivity index (χ2v) is 8.05. The molecule has 1 amide bonds. The van der Waals surface area contributed by atoms with Crippen molar-refractivity contribution in [2.24, 2.45) is 0 Å². The standard InChI is InChI=1S/C20H27BrN2O2/c21-17-8-6-16(7-9-17)19(24)10-11-20(25)23-14-12-22(13-15-23)18-4-2-1-3-5-18/h6-9,18H,1-5,10-15H2. The first-order valence-corrected chi connectivity index (χ1v) is 10.2. The molecule has 0 aromatic heterocycles. The van der Waals surface area contributed by atoms with E-state index in [9.17, 15) is 9.59 Å². The van der Waals surface area contributed by atoms with Crippen LogP contribution >= 0.6 is 15.9 Å². The smallest absolute Gasteiger partial charge is 0.223 e. The molecule has 1 aliphatic heterocycles. The first kappa shape index (κ1) is 18.6. The molecule has 1 aromatic carbocycles. The molecule has 0 unspecified atom stereocenters. The molecule has 0 bridgehead atoms. The van der Waals surface area contributed by atoms with E-state index in [2.05, 4.69) is 20.8 Å². The molecule has 1 saturated heterocycles. The number of hydrogen-bond acceptors (Lipinski definition) is 3. The lowest BCUT2D eigenvalue weighted by Crippen LogP contribution is -2.52. The van der Waals surface area contributed by atoms with Gasteiger partial charge in [-0.25, -0.2) is 0 Å². The third kappa shape index (κ3) is 5.14. The number of halogens is 1. The highest BCUT2D eigenvalue weighted by molar-refractivity contribution is 9.10. The van der Waals surface area contributed by atoms with Gasteiger partial charge in [-0.3, -0.25) is 14.5 Å². The van der Waals surface area contributed by atoms with E-state index in [1.807, 2.05) is 17.0 Å². The lowest BCUT2D eigenvalue weighted by atomic mass is 9.94. The van der Waals surface area contributed by atoms with Crippen molar-refractivity contribution in [3.05, 3.63) is 34.3 Å². The van der Waals surface area contributed by atoms with E-state index in [0.717, 1.165) is 36.7 Å². The average molecular weight is 407 g/mol. The maximum absolute atomic E-state index is 12.4. The molecule has 4 nitrogen and oxygen atoms in total. The second-order valence-electron chi connectivity index (χ2n) is 7.14. The van der Waals surface area contributed by atoms with E-state index < -0.39 is 0 Å². The molecule has 1 saturated carbocycles. The van der Waals surface area contributed by atoms with Crippen LogP contribution in [0, 0.1) is 0 Å². The number of Topliss-reactive ketones (excluding diaryl/α,β-unsaturated/α-hetero) is 1. The zero-order valence-electron chi connectivity index (χ0n) is 14.8. The maximum atomic E-state index is 12.4.